The largest absolute Gasteiger partial charge is 0.491 e. The number of carbonyl (C=O) groups is 1. The molecule has 0 spiro atoms. The predicted octanol–water partition coefficient (Wildman–Crippen LogP) is 4.24. The van der Waals surface area contributed by atoms with E-state index >= 15 is 0 Å². The molecule has 1 aromatic heterocycles. The minimum atomic E-state index is -0.261. The van der Waals surface area contributed by atoms with E-state index in [0.717, 1.165) is 28.0 Å². The Morgan fingerprint density at radius 3 is 2.71 bits per heavy atom. The maximum atomic E-state index is 13.2. The predicted molar refractivity (Wildman–Crippen MR) is 105 cm³/mol. The van der Waals surface area contributed by atoms with Crippen molar-refractivity contribution in [3.63, 3.8) is 0 Å². The number of aromatic nitrogens is 1. The molecule has 4 nitrogen and oxygen atoms in total. The summed E-state index contributed by atoms with van der Waals surface area (Å²) in [5.41, 5.74) is 3.74. The van der Waals surface area contributed by atoms with Crippen LogP contribution < -0.4 is 4.74 Å². The van der Waals surface area contributed by atoms with E-state index in [1.165, 1.54) is 12.1 Å². The summed E-state index contributed by atoms with van der Waals surface area (Å²) >= 11 is 0. The van der Waals surface area contributed by atoms with Gasteiger partial charge in [0.25, 0.3) is 0 Å². The number of rotatable bonds is 3. The molecule has 0 saturated carbocycles. The second-order valence-corrected chi connectivity index (χ2v) is 7.05. The normalized spacial score (nSPS) is 16.1. The monoisotopic (exact) mass is 376 g/mol. The van der Waals surface area contributed by atoms with E-state index in [0.29, 0.717) is 19.6 Å². The van der Waals surface area contributed by atoms with E-state index in [-0.39, 0.29) is 17.8 Å². The third-order valence-electron chi connectivity index (χ3n) is 4.99. The molecule has 5 heteroatoms. The maximum Gasteiger partial charge on any atom is 0.227 e. The summed E-state index contributed by atoms with van der Waals surface area (Å²) in [5, 5.41) is 0. The van der Waals surface area contributed by atoms with Gasteiger partial charge in [-0.15, -0.1) is 0 Å². The Bertz CT molecular complexity index is 974. The van der Waals surface area contributed by atoms with E-state index in [4.69, 9.17) is 4.74 Å². The molecule has 3 aromatic rings. The molecule has 142 valence electrons. The fourth-order valence-electron chi connectivity index (χ4n) is 3.42. The van der Waals surface area contributed by atoms with Crippen LogP contribution in [-0.2, 0) is 17.8 Å². The molecule has 0 saturated heterocycles. The fraction of sp³-hybridized carbons (Fsp3) is 0.217. The highest BCUT2D eigenvalue weighted by molar-refractivity contribution is 5.79. The average molecular weight is 376 g/mol. The summed E-state index contributed by atoms with van der Waals surface area (Å²) in [6, 6.07) is 16.0. The summed E-state index contributed by atoms with van der Waals surface area (Å²) in [6.07, 6.45) is 3.73. The zero-order valence-electron chi connectivity index (χ0n) is 15.6. The van der Waals surface area contributed by atoms with Crippen molar-refractivity contribution in [1.82, 2.24) is 9.88 Å². The SMILES string of the molecule is C[C@H]1COc2ccc(-c3ccc(F)cc3)cc2CN1C(=O)Cc1cccnc1. The van der Waals surface area contributed by atoms with Crippen molar-refractivity contribution in [2.24, 2.45) is 0 Å². The van der Waals surface area contributed by atoms with Gasteiger partial charge in [0.15, 0.2) is 0 Å². The lowest BCUT2D eigenvalue weighted by molar-refractivity contribution is -0.133. The summed E-state index contributed by atoms with van der Waals surface area (Å²) in [4.78, 5) is 18.9. The van der Waals surface area contributed by atoms with Crippen molar-refractivity contribution in [3.05, 3.63) is 83.9 Å². The molecule has 1 atom stereocenters. The van der Waals surface area contributed by atoms with Crippen LogP contribution in [0.15, 0.2) is 67.0 Å². The summed E-state index contributed by atoms with van der Waals surface area (Å²) < 4.78 is 19.2. The maximum absolute atomic E-state index is 13.2. The molecule has 2 aromatic carbocycles. The van der Waals surface area contributed by atoms with Crippen LogP contribution in [0.5, 0.6) is 5.75 Å². The zero-order chi connectivity index (χ0) is 19.5. The summed E-state index contributed by atoms with van der Waals surface area (Å²) in [5.74, 6) is 0.571. The van der Waals surface area contributed by atoms with Gasteiger partial charge >= 0.3 is 0 Å². The lowest BCUT2D eigenvalue weighted by Gasteiger charge is -2.26. The molecule has 0 fully saturated rings. The molecule has 0 bridgehead atoms. The fourth-order valence-corrected chi connectivity index (χ4v) is 3.42. The van der Waals surface area contributed by atoms with Crippen molar-refractivity contribution in [3.8, 4) is 16.9 Å². The lowest BCUT2D eigenvalue weighted by atomic mass is 10.0. The first-order valence-electron chi connectivity index (χ1n) is 9.30. The van der Waals surface area contributed by atoms with Crippen LogP contribution in [0.3, 0.4) is 0 Å². The molecular weight excluding hydrogens is 355 g/mol. The molecule has 1 amide bonds. The molecule has 4 rings (SSSR count). The molecule has 28 heavy (non-hydrogen) atoms. The molecule has 2 heterocycles. The molecule has 0 radical (unpaired) electrons. The van der Waals surface area contributed by atoms with Crippen molar-refractivity contribution < 1.29 is 13.9 Å². The quantitative estimate of drug-likeness (QED) is 0.687. The second-order valence-electron chi connectivity index (χ2n) is 7.05. The van der Waals surface area contributed by atoms with Crippen LogP contribution in [0.1, 0.15) is 18.1 Å². The van der Waals surface area contributed by atoms with Gasteiger partial charge in [-0.25, -0.2) is 4.39 Å². The van der Waals surface area contributed by atoms with Crippen molar-refractivity contribution in [1.29, 1.82) is 0 Å². The van der Waals surface area contributed by atoms with Gasteiger partial charge in [-0.2, -0.15) is 0 Å². The molecule has 0 N–H and O–H groups in total. The number of ether oxygens (including phenoxy) is 1. The number of hydrogen-bond acceptors (Lipinski definition) is 3. The lowest BCUT2D eigenvalue weighted by Crippen LogP contribution is -2.40. The van der Waals surface area contributed by atoms with Gasteiger partial charge in [0.2, 0.25) is 5.91 Å². The zero-order valence-corrected chi connectivity index (χ0v) is 15.6. The number of amides is 1. The summed E-state index contributed by atoms with van der Waals surface area (Å²) in [6.45, 7) is 2.92. The van der Waals surface area contributed by atoms with Crippen molar-refractivity contribution in [2.75, 3.05) is 6.61 Å². The Balaban J connectivity index is 1.60. The Hall–Kier alpha value is -3.21. The Morgan fingerprint density at radius 1 is 1.18 bits per heavy atom. The van der Waals surface area contributed by atoms with Crippen LogP contribution in [-0.4, -0.2) is 28.4 Å². The number of halogens is 1. The third-order valence-corrected chi connectivity index (χ3v) is 4.99. The van der Waals surface area contributed by atoms with E-state index in [1.54, 1.807) is 24.5 Å². The van der Waals surface area contributed by atoms with E-state index in [2.05, 4.69) is 4.98 Å². The minimum absolute atomic E-state index is 0.0363. The second kappa shape index (κ2) is 7.80. The molecular formula is C23H21FN2O2. The van der Waals surface area contributed by atoms with E-state index in [9.17, 15) is 9.18 Å². The Morgan fingerprint density at radius 2 is 1.96 bits per heavy atom. The third kappa shape index (κ3) is 3.88. The summed E-state index contributed by atoms with van der Waals surface area (Å²) in [7, 11) is 0. The minimum Gasteiger partial charge on any atom is -0.491 e. The highest BCUT2D eigenvalue weighted by Crippen LogP contribution is 2.30. The van der Waals surface area contributed by atoms with Gasteiger partial charge in [-0.3, -0.25) is 9.78 Å². The number of pyridine rings is 1. The van der Waals surface area contributed by atoms with Crippen LogP contribution in [0, 0.1) is 5.82 Å². The van der Waals surface area contributed by atoms with Crippen LogP contribution in [0.2, 0.25) is 0 Å². The first-order chi connectivity index (χ1) is 13.6. The van der Waals surface area contributed by atoms with Gasteiger partial charge in [0.1, 0.15) is 18.2 Å². The van der Waals surface area contributed by atoms with E-state index in [1.807, 2.05) is 42.2 Å². The molecule has 1 aliphatic rings. The van der Waals surface area contributed by atoms with Crippen molar-refractivity contribution in [2.45, 2.75) is 25.9 Å². The topological polar surface area (TPSA) is 42.4 Å². The average Bonchev–Trinajstić information content (AvgIpc) is 2.88. The number of nitrogens with zero attached hydrogens (tertiary/aromatic N) is 2. The van der Waals surface area contributed by atoms with Gasteiger partial charge in [0.05, 0.1) is 12.5 Å². The van der Waals surface area contributed by atoms with Gasteiger partial charge in [-0.1, -0.05) is 24.3 Å². The smallest absolute Gasteiger partial charge is 0.227 e. The highest BCUT2D eigenvalue weighted by atomic mass is 19.1. The first-order valence-corrected chi connectivity index (χ1v) is 9.30. The first kappa shape index (κ1) is 18.2. The van der Waals surface area contributed by atoms with Crippen LogP contribution in [0.4, 0.5) is 4.39 Å². The highest BCUT2D eigenvalue weighted by Gasteiger charge is 2.26. The molecule has 0 unspecified atom stereocenters. The molecule has 0 aliphatic carbocycles. The van der Waals surface area contributed by atoms with Crippen LogP contribution in [0.25, 0.3) is 11.1 Å². The van der Waals surface area contributed by atoms with Gasteiger partial charge < -0.3 is 9.64 Å². The number of hydrogen-bond donors (Lipinski definition) is 0. The van der Waals surface area contributed by atoms with E-state index < -0.39 is 0 Å². The number of carbonyl (C=O) groups excluding carboxylic acids is 1. The Kier molecular flexibility index (Phi) is 5.06. The number of fused-ring (bicyclic) bond motifs is 1. The van der Waals surface area contributed by atoms with Crippen LogP contribution >= 0.6 is 0 Å². The van der Waals surface area contributed by atoms with Crippen molar-refractivity contribution >= 4 is 5.91 Å². The standard InChI is InChI=1S/C23H21FN2O2/c1-16-15-28-22-9-6-19(18-4-7-21(24)8-5-18)12-20(22)14-26(16)23(27)11-17-3-2-10-25-13-17/h2-10,12-13,16H,11,14-15H2,1H3/t16-/m0/s1. The molecule has 1 aliphatic heterocycles. The Labute approximate surface area is 163 Å². The van der Waals surface area contributed by atoms with Gasteiger partial charge in [0, 0.05) is 24.5 Å². The number of benzene rings is 2. The van der Waals surface area contributed by atoms with Gasteiger partial charge in [-0.05, 0) is 53.9 Å².